The van der Waals surface area contributed by atoms with Crippen LogP contribution in [0.4, 0.5) is 5.69 Å². The summed E-state index contributed by atoms with van der Waals surface area (Å²) in [6.45, 7) is 0. The Morgan fingerprint density at radius 1 is 1.00 bits per heavy atom. The molecular weight excluding hydrogens is 452 g/mol. The zero-order valence-corrected chi connectivity index (χ0v) is 20.3. The van der Waals surface area contributed by atoms with Crippen LogP contribution in [0.2, 0.25) is 0 Å². The zero-order valence-electron chi connectivity index (χ0n) is 18.7. The first-order valence-electron chi connectivity index (χ1n) is 11.6. The van der Waals surface area contributed by atoms with Gasteiger partial charge < -0.3 is 5.32 Å². The molecule has 0 unspecified atom stereocenters. The number of hydrogen-bond donors (Lipinski definition) is 1. The van der Waals surface area contributed by atoms with Crippen molar-refractivity contribution >= 4 is 44.1 Å². The number of aromatic nitrogens is 1. The fourth-order valence-electron chi connectivity index (χ4n) is 4.32. The third-order valence-electron chi connectivity index (χ3n) is 6.16. The predicted octanol–water partition coefficient (Wildman–Crippen LogP) is 6.10. The average Bonchev–Trinajstić information content (AvgIpc) is 2.84. The smallest absolute Gasteiger partial charge is 0.224 e. The van der Waals surface area contributed by atoms with E-state index in [0.29, 0.717) is 33.7 Å². The van der Waals surface area contributed by atoms with Crippen LogP contribution < -0.4 is 5.32 Å². The van der Waals surface area contributed by atoms with Crippen LogP contribution in [0.25, 0.3) is 10.9 Å². The number of benzene rings is 2. The van der Waals surface area contributed by atoms with Gasteiger partial charge in [0.25, 0.3) is 0 Å². The first-order chi connectivity index (χ1) is 16.0. The maximum absolute atomic E-state index is 12.7. The summed E-state index contributed by atoms with van der Waals surface area (Å²) >= 11 is 1.37. The average molecular weight is 483 g/mol. The molecule has 33 heavy (non-hydrogen) atoms. The number of rotatable bonds is 9. The van der Waals surface area contributed by atoms with Crippen molar-refractivity contribution in [3.63, 3.8) is 0 Å². The molecule has 0 bridgehead atoms. The van der Waals surface area contributed by atoms with Crippen LogP contribution in [0.3, 0.4) is 0 Å². The van der Waals surface area contributed by atoms with Gasteiger partial charge in [-0.05, 0) is 36.6 Å². The topological polar surface area (TPSA) is 76.1 Å². The normalized spacial score (nSPS) is 14.9. The van der Waals surface area contributed by atoms with E-state index in [2.05, 4.69) is 5.32 Å². The van der Waals surface area contributed by atoms with Gasteiger partial charge in [-0.15, -0.1) is 11.8 Å². The number of amides is 1. The zero-order chi connectivity index (χ0) is 23.1. The number of anilines is 1. The summed E-state index contributed by atoms with van der Waals surface area (Å²) in [5.74, 6) is 1.01. The molecule has 1 amide bonds. The molecule has 1 aromatic heterocycles. The Balaban J connectivity index is 1.44. The highest BCUT2D eigenvalue weighted by molar-refractivity contribution is 8.00. The van der Waals surface area contributed by atoms with Gasteiger partial charge in [0.2, 0.25) is 5.91 Å². The summed E-state index contributed by atoms with van der Waals surface area (Å²) in [5.41, 5.74) is 1.48. The van der Waals surface area contributed by atoms with E-state index < -0.39 is 9.84 Å². The summed E-state index contributed by atoms with van der Waals surface area (Å²) in [5, 5.41) is 4.65. The number of fused-ring (bicyclic) bond motifs is 1. The van der Waals surface area contributed by atoms with Crippen molar-refractivity contribution in [3.05, 3.63) is 60.7 Å². The molecule has 1 N–H and O–H groups in total. The Hall–Kier alpha value is -2.38. The molecule has 3 aromatic rings. The van der Waals surface area contributed by atoms with Gasteiger partial charge in [0.1, 0.15) is 5.03 Å². The monoisotopic (exact) mass is 482 g/mol. The first-order valence-corrected chi connectivity index (χ1v) is 14.3. The lowest BCUT2D eigenvalue weighted by Gasteiger charge is -2.21. The highest BCUT2D eigenvalue weighted by atomic mass is 32.2. The first kappa shape index (κ1) is 23.8. The van der Waals surface area contributed by atoms with Crippen LogP contribution in [0.5, 0.6) is 0 Å². The molecular formula is C26H30N2O3S2. The van der Waals surface area contributed by atoms with Gasteiger partial charge in [0, 0.05) is 17.6 Å². The Morgan fingerprint density at radius 2 is 1.73 bits per heavy atom. The minimum absolute atomic E-state index is 0.00332. The van der Waals surface area contributed by atoms with Crippen molar-refractivity contribution in [2.24, 2.45) is 5.92 Å². The lowest BCUT2D eigenvalue weighted by molar-refractivity contribution is -0.116. The van der Waals surface area contributed by atoms with Gasteiger partial charge in [0.15, 0.2) is 9.84 Å². The molecule has 174 valence electrons. The molecule has 1 aliphatic rings. The molecule has 0 spiro atoms. The van der Waals surface area contributed by atoms with Crippen LogP contribution in [0, 0.1) is 5.92 Å². The Labute approximate surface area is 200 Å². The van der Waals surface area contributed by atoms with Crippen molar-refractivity contribution in [1.82, 2.24) is 4.98 Å². The second kappa shape index (κ2) is 11.2. The van der Waals surface area contributed by atoms with Crippen LogP contribution in [-0.2, 0) is 14.6 Å². The van der Waals surface area contributed by atoms with Crippen LogP contribution in [-0.4, -0.2) is 30.8 Å². The number of carbonyl (C=O) groups excluding carboxylic acids is 1. The molecule has 1 heterocycles. The second-order valence-corrected chi connectivity index (χ2v) is 11.8. The van der Waals surface area contributed by atoms with Crippen molar-refractivity contribution in [2.45, 2.75) is 54.9 Å². The van der Waals surface area contributed by atoms with Gasteiger partial charge in [0.05, 0.1) is 21.9 Å². The molecule has 0 saturated heterocycles. The van der Waals surface area contributed by atoms with Gasteiger partial charge in [-0.2, -0.15) is 0 Å². The number of hydrogen-bond acceptors (Lipinski definition) is 5. The third-order valence-corrected chi connectivity index (χ3v) is 9.14. The van der Waals surface area contributed by atoms with E-state index in [1.165, 1.54) is 43.9 Å². The minimum Gasteiger partial charge on any atom is -0.324 e. The molecule has 1 saturated carbocycles. The summed E-state index contributed by atoms with van der Waals surface area (Å²) in [4.78, 5) is 17.8. The highest BCUT2D eigenvalue weighted by Gasteiger charge is 2.18. The molecule has 4 rings (SSSR count). The maximum atomic E-state index is 12.7. The number of nitrogens with zero attached hydrogens (tertiary/aromatic N) is 1. The summed E-state index contributed by atoms with van der Waals surface area (Å²) in [7, 11) is -3.37. The largest absolute Gasteiger partial charge is 0.324 e. The quantitative estimate of drug-likeness (QED) is 0.373. The summed E-state index contributed by atoms with van der Waals surface area (Å²) < 4.78 is 25.3. The standard InChI is InChI=1S/C26H30N2O3S2/c29-25(16-15-20-9-3-1-4-10-20)27-24-19-21-11-7-8-14-23(21)28-26(24)32-17-18-33(30,31)22-12-5-2-6-13-22/h2,5-8,11-14,19-20H,1,3-4,9-10,15-18H2,(H,27,29). The molecule has 2 aromatic carbocycles. The summed E-state index contributed by atoms with van der Waals surface area (Å²) in [6.07, 6.45) is 7.73. The second-order valence-electron chi connectivity index (χ2n) is 8.61. The number of pyridine rings is 1. The van der Waals surface area contributed by atoms with Crippen LogP contribution >= 0.6 is 11.8 Å². The summed E-state index contributed by atoms with van der Waals surface area (Å²) in [6, 6.07) is 18.2. The SMILES string of the molecule is O=C(CCC1CCCCC1)Nc1cc2ccccc2nc1SCCS(=O)(=O)c1ccccc1. The van der Waals surface area contributed by atoms with Crippen LogP contribution in [0.1, 0.15) is 44.9 Å². The molecule has 0 radical (unpaired) electrons. The van der Waals surface area contributed by atoms with Crippen molar-refractivity contribution in [1.29, 1.82) is 0 Å². The van der Waals surface area contributed by atoms with Crippen molar-refractivity contribution < 1.29 is 13.2 Å². The Bertz CT molecular complexity index is 1190. The predicted molar refractivity (Wildman–Crippen MR) is 135 cm³/mol. The number of nitrogens with one attached hydrogen (secondary N) is 1. The third kappa shape index (κ3) is 6.58. The Kier molecular flexibility index (Phi) is 8.04. The van der Waals surface area contributed by atoms with E-state index in [4.69, 9.17) is 4.98 Å². The van der Waals surface area contributed by atoms with E-state index in [-0.39, 0.29) is 11.7 Å². The van der Waals surface area contributed by atoms with E-state index >= 15 is 0 Å². The number of thioether (sulfide) groups is 1. The van der Waals surface area contributed by atoms with Crippen LogP contribution in [0.15, 0.2) is 70.6 Å². The van der Waals surface area contributed by atoms with Gasteiger partial charge >= 0.3 is 0 Å². The van der Waals surface area contributed by atoms with E-state index in [0.717, 1.165) is 17.3 Å². The molecule has 0 atom stereocenters. The molecule has 0 aliphatic heterocycles. The number of carbonyl (C=O) groups is 1. The van der Waals surface area contributed by atoms with Crippen molar-refractivity contribution in [2.75, 3.05) is 16.8 Å². The van der Waals surface area contributed by atoms with E-state index in [9.17, 15) is 13.2 Å². The van der Waals surface area contributed by atoms with Gasteiger partial charge in [-0.25, -0.2) is 13.4 Å². The minimum atomic E-state index is -3.37. The Morgan fingerprint density at radius 3 is 2.52 bits per heavy atom. The highest BCUT2D eigenvalue weighted by Crippen LogP contribution is 2.31. The number of para-hydroxylation sites is 1. The lowest BCUT2D eigenvalue weighted by Crippen LogP contribution is -2.16. The maximum Gasteiger partial charge on any atom is 0.224 e. The lowest BCUT2D eigenvalue weighted by atomic mass is 9.86. The van der Waals surface area contributed by atoms with E-state index in [1.807, 2.05) is 30.3 Å². The molecule has 1 fully saturated rings. The fraction of sp³-hybridized carbons (Fsp3) is 0.385. The number of sulfone groups is 1. The molecule has 7 heteroatoms. The molecule has 1 aliphatic carbocycles. The van der Waals surface area contributed by atoms with E-state index in [1.54, 1.807) is 30.3 Å². The fourth-order valence-corrected chi connectivity index (χ4v) is 6.96. The van der Waals surface area contributed by atoms with Gasteiger partial charge in [-0.3, -0.25) is 4.79 Å². The van der Waals surface area contributed by atoms with Gasteiger partial charge in [-0.1, -0.05) is 68.5 Å². The molecule has 5 nitrogen and oxygen atoms in total. The van der Waals surface area contributed by atoms with Crippen molar-refractivity contribution in [3.8, 4) is 0 Å².